The maximum atomic E-state index is 12.1. The van der Waals surface area contributed by atoms with Gasteiger partial charge in [-0.3, -0.25) is 0 Å². The summed E-state index contributed by atoms with van der Waals surface area (Å²) < 4.78 is 28.0. The largest absolute Gasteiger partial charge is 0.465 e. The van der Waals surface area contributed by atoms with E-state index in [4.69, 9.17) is 4.74 Å². The fourth-order valence-corrected chi connectivity index (χ4v) is 4.39. The van der Waals surface area contributed by atoms with Crippen LogP contribution in [0, 0.1) is 5.92 Å². The zero-order valence-electron chi connectivity index (χ0n) is 12.1. The standard InChI is InChI=1S/C15H21NO4S/c1-2-20-15(17)14(13-6-4-3-5-7-13)16-10-12-8-9-21(18,19)11-12/h3-7,12,14,16H,2,8-11H2,1H3. The van der Waals surface area contributed by atoms with Gasteiger partial charge in [0.15, 0.2) is 9.84 Å². The molecular formula is C15H21NO4S. The first kappa shape index (κ1) is 16.0. The van der Waals surface area contributed by atoms with Gasteiger partial charge < -0.3 is 10.1 Å². The highest BCUT2D eigenvalue weighted by molar-refractivity contribution is 7.91. The number of sulfone groups is 1. The highest BCUT2D eigenvalue weighted by Crippen LogP contribution is 2.20. The molecule has 0 radical (unpaired) electrons. The van der Waals surface area contributed by atoms with Crippen LogP contribution in [0.3, 0.4) is 0 Å². The Morgan fingerprint density at radius 3 is 2.67 bits per heavy atom. The lowest BCUT2D eigenvalue weighted by Gasteiger charge is -2.19. The summed E-state index contributed by atoms with van der Waals surface area (Å²) in [5.74, 6) is 0.180. The molecule has 0 spiro atoms. The molecule has 0 amide bonds. The van der Waals surface area contributed by atoms with Gasteiger partial charge in [-0.2, -0.15) is 0 Å². The Morgan fingerprint density at radius 1 is 1.38 bits per heavy atom. The van der Waals surface area contributed by atoms with Gasteiger partial charge in [0.2, 0.25) is 0 Å². The van der Waals surface area contributed by atoms with Crippen LogP contribution in [0.5, 0.6) is 0 Å². The van der Waals surface area contributed by atoms with Crippen LogP contribution in [0.25, 0.3) is 0 Å². The normalized spacial score (nSPS) is 21.9. The second-order valence-corrected chi connectivity index (χ2v) is 7.50. The highest BCUT2D eigenvalue weighted by atomic mass is 32.2. The van der Waals surface area contributed by atoms with Crippen molar-refractivity contribution in [3.8, 4) is 0 Å². The number of ether oxygens (including phenoxy) is 1. The van der Waals surface area contributed by atoms with Crippen LogP contribution in [-0.4, -0.2) is 39.0 Å². The van der Waals surface area contributed by atoms with Crippen LogP contribution in [0.15, 0.2) is 30.3 Å². The van der Waals surface area contributed by atoms with E-state index in [2.05, 4.69) is 5.32 Å². The van der Waals surface area contributed by atoms with Crippen LogP contribution in [0.1, 0.15) is 24.9 Å². The molecule has 116 valence electrons. The Balaban J connectivity index is 2.01. The molecule has 2 unspecified atom stereocenters. The maximum absolute atomic E-state index is 12.1. The minimum atomic E-state index is -2.89. The fraction of sp³-hybridized carbons (Fsp3) is 0.533. The molecule has 1 aromatic carbocycles. The van der Waals surface area contributed by atoms with Crippen LogP contribution in [0.4, 0.5) is 0 Å². The average molecular weight is 311 g/mol. The fourth-order valence-electron chi connectivity index (χ4n) is 2.53. The van der Waals surface area contributed by atoms with Crippen LogP contribution in [-0.2, 0) is 19.4 Å². The molecule has 2 rings (SSSR count). The third kappa shape index (κ3) is 4.54. The van der Waals surface area contributed by atoms with E-state index in [1.165, 1.54) is 0 Å². The molecule has 1 aliphatic heterocycles. The summed E-state index contributed by atoms with van der Waals surface area (Å²) in [6.07, 6.45) is 0.652. The van der Waals surface area contributed by atoms with Crippen molar-refractivity contribution in [1.82, 2.24) is 5.32 Å². The average Bonchev–Trinajstić information content (AvgIpc) is 2.80. The summed E-state index contributed by atoms with van der Waals surface area (Å²) in [4.78, 5) is 12.1. The second-order valence-electron chi connectivity index (χ2n) is 5.27. The second kappa shape index (κ2) is 7.04. The van der Waals surface area contributed by atoms with Crippen molar-refractivity contribution in [2.24, 2.45) is 5.92 Å². The molecule has 1 aromatic rings. The number of carbonyl (C=O) groups excluding carboxylic acids is 1. The van der Waals surface area contributed by atoms with Gasteiger partial charge in [0.25, 0.3) is 0 Å². The zero-order valence-corrected chi connectivity index (χ0v) is 12.9. The SMILES string of the molecule is CCOC(=O)C(NCC1CCS(=O)(=O)C1)c1ccccc1. The Labute approximate surface area is 125 Å². The molecule has 0 bridgehead atoms. The predicted molar refractivity (Wildman–Crippen MR) is 80.6 cm³/mol. The van der Waals surface area contributed by atoms with E-state index in [-0.39, 0.29) is 23.4 Å². The molecule has 1 aliphatic rings. The van der Waals surface area contributed by atoms with Gasteiger partial charge in [-0.25, -0.2) is 13.2 Å². The van der Waals surface area contributed by atoms with Crippen molar-refractivity contribution in [2.75, 3.05) is 24.7 Å². The van der Waals surface area contributed by atoms with E-state index in [0.29, 0.717) is 19.6 Å². The molecule has 21 heavy (non-hydrogen) atoms. The first-order chi connectivity index (χ1) is 10.0. The number of hydrogen-bond acceptors (Lipinski definition) is 5. The van der Waals surface area contributed by atoms with Gasteiger partial charge in [0.1, 0.15) is 6.04 Å². The molecule has 2 atom stereocenters. The number of carbonyl (C=O) groups is 1. The number of nitrogens with one attached hydrogen (secondary N) is 1. The molecule has 1 heterocycles. The van der Waals surface area contributed by atoms with E-state index in [0.717, 1.165) is 5.56 Å². The molecular weight excluding hydrogens is 290 g/mol. The van der Waals surface area contributed by atoms with Crippen LogP contribution < -0.4 is 5.32 Å². The van der Waals surface area contributed by atoms with Crippen molar-refractivity contribution in [2.45, 2.75) is 19.4 Å². The third-order valence-corrected chi connectivity index (χ3v) is 5.43. The Morgan fingerprint density at radius 2 is 2.10 bits per heavy atom. The summed E-state index contributed by atoms with van der Waals surface area (Å²) in [6, 6.07) is 8.79. The molecule has 0 saturated carbocycles. The van der Waals surface area contributed by atoms with Crippen molar-refractivity contribution >= 4 is 15.8 Å². The molecule has 5 nitrogen and oxygen atoms in total. The quantitative estimate of drug-likeness (QED) is 0.802. The number of benzene rings is 1. The Hall–Kier alpha value is -1.40. The topological polar surface area (TPSA) is 72.5 Å². The minimum Gasteiger partial charge on any atom is -0.465 e. The smallest absolute Gasteiger partial charge is 0.327 e. The van der Waals surface area contributed by atoms with Crippen LogP contribution in [0.2, 0.25) is 0 Å². The van der Waals surface area contributed by atoms with E-state index in [1.807, 2.05) is 30.3 Å². The van der Waals surface area contributed by atoms with E-state index >= 15 is 0 Å². The molecule has 6 heteroatoms. The van der Waals surface area contributed by atoms with Crippen molar-refractivity contribution in [1.29, 1.82) is 0 Å². The van der Waals surface area contributed by atoms with Gasteiger partial charge >= 0.3 is 5.97 Å². The van der Waals surface area contributed by atoms with E-state index < -0.39 is 15.9 Å². The summed E-state index contributed by atoms with van der Waals surface area (Å²) in [5, 5.41) is 3.16. The molecule has 1 saturated heterocycles. The highest BCUT2D eigenvalue weighted by Gasteiger charge is 2.29. The zero-order chi connectivity index (χ0) is 15.3. The van der Waals surface area contributed by atoms with Crippen LogP contribution >= 0.6 is 0 Å². The minimum absolute atomic E-state index is 0.0654. The third-order valence-electron chi connectivity index (χ3n) is 3.59. The molecule has 0 aliphatic carbocycles. The van der Waals surface area contributed by atoms with Crippen molar-refractivity contribution in [3.63, 3.8) is 0 Å². The lowest BCUT2D eigenvalue weighted by molar-refractivity contribution is -0.145. The van der Waals surface area contributed by atoms with Gasteiger partial charge in [-0.15, -0.1) is 0 Å². The lowest BCUT2D eigenvalue weighted by atomic mass is 10.0. The molecule has 1 N–H and O–H groups in total. The van der Waals surface area contributed by atoms with Crippen molar-refractivity contribution < 1.29 is 17.9 Å². The van der Waals surface area contributed by atoms with E-state index in [9.17, 15) is 13.2 Å². The summed E-state index contributed by atoms with van der Waals surface area (Å²) in [6.45, 7) is 2.59. The molecule has 1 fully saturated rings. The van der Waals surface area contributed by atoms with Crippen molar-refractivity contribution in [3.05, 3.63) is 35.9 Å². The monoisotopic (exact) mass is 311 g/mol. The summed E-state index contributed by atoms with van der Waals surface area (Å²) in [5.41, 5.74) is 0.830. The van der Waals surface area contributed by atoms with Gasteiger partial charge in [-0.05, 0) is 24.8 Å². The van der Waals surface area contributed by atoms with Gasteiger partial charge in [0, 0.05) is 6.54 Å². The van der Waals surface area contributed by atoms with Gasteiger partial charge in [0.05, 0.1) is 18.1 Å². The summed E-state index contributed by atoms with van der Waals surface area (Å²) in [7, 11) is -2.89. The Kier molecular flexibility index (Phi) is 5.36. The summed E-state index contributed by atoms with van der Waals surface area (Å²) >= 11 is 0. The van der Waals surface area contributed by atoms with Gasteiger partial charge in [-0.1, -0.05) is 30.3 Å². The number of esters is 1. The number of rotatable bonds is 6. The lowest BCUT2D eigenvalue weighted by Crippen LogP contribution is -2.34. The first-order valence-corrected chi connectivity index (χ1v) is 8.99. The van der Waals surface area contributed by atoms with E-state index in [1.54, 1.807) is 6.92 Å². The number of hydrogen-bond donors (Lipinski definition) is 1. The first-order valence-electron chi connectivity index (χ1n) is 7.17. The predicted octanol–water partition coefficient (Wildman–Crippen LogP) is 1.32. The maximum Gasteiger partial charge on any atom is 0.327 e. The Bertz CT molecular complexity index is 571. The molecule has 0 aromatic heterocycles.